The molecule has 0 amide bonds. The van der Waals surface area contributed by atoms with E-state index in [9.17, 15) is 5.11 Å². The highest BCUT2D eigenvalue weighted by Gasteiger charge is 2.34. The molecule has 1 N–H and O–H groups in total. The van der Waals surface area contributed by atoms with E-state index in [2.05, 4.69) is 25.2 Å². The predicted molar refractivity (Wildman–Crippen MR) is 67.4 cm³/mol. The molecule has 1 aliphatic rings. The molecule has 1 aliphatic carbocycles. The van der Waals surface area contributed by atoms with Crippen LogP contribution in [0.2, 0.25) is 0 Å². The summed E-state index contributed by atoms with van der Waals surface area (Å²) in [6.45, 7) is 4.21. The SMILES string of the molecule is CC=CC1(CCCC)C=CC(O)=CC1OC. The molecular formula is C14H22O2. The molecule has 2 nitrogen and oxygen atoms in total. The van der Waals surface area contributed by atoms with Crippen molar-refractivity contribution in [3.63, 3.8) is 0 Å². The summed E-state index contributed by atoms with van der Waals surface area (Å²) < 4.78 is 5.49. The lowest BCUT2D eigenvalue weighted by atomic mass is 9.74. The third kappa shape index (κ3) is 2.76. The van der Waals surface area contributed by atoms with Gasteiger partial charge in [0.2, 0.25) is 0 Å². The van der Waals surface area contributed by atoms with Crippen LogP contribution in [0, 0.1) is 5.41 Å². The molecular weight excluding hydrogens is 200 g/mol. The van der Waals surface area contributed by atoms with Crippen LogP contribution in [-0.4, -0.2) is 18.3 Å². The second-order valence-electron chi connectivity index (χ2n) is 4.30. The van der Waals surface area contributed by atoms with Crippen LogP contribution in [0.5, 0.6) is 0 Å². The van der Waals surface area contributed by atoms with Gasteiger partial charge in [-0.25, -0.2) is 0 Å². The molecule has 1 rings (SSSR count). The van der Waals surface area contributed by atoms with E-state index < -0.39 is 0 Å². The fraction of sp³-hybridized carbons (Fsp3) is 0.571. The maximum atomic E-state index is 9.51. The first-order valence-corrected chi connectivity index (χ1v) is 5.95. The van der Waals surface area contributed by atoms with Gasteiger partial charge in [-0.05, 0) is 25.5 Å². The number of ether oxygens (including phenoxy) is 1. The molecule has 0 bridgehead atoms. The largest absolute Gasteiger partial charge is 0.508 e. The minimum Gasteiger partial charge on any atom is -0.508 e. The van der Waals surface area contributed by atoms with Crippen LogP contribution in [-0.2, 0) is 4.74 Å². The molecule has 2 atom stereocenters. The van der Waals surface area contributed by atoms with Gasteiger partial charge in [-0.3, -0.25) is 0 Å². The number of aliphatic hydroxyl groups is 1. The number of unbranched alkanes of at least 4 members (excludes halogenated alkanes) is 1. The second-order valence-corrected chi connectivity index (χ2v) is 4.30. The summed E-state index contributed by atoms with van der Waals surface area (Å²) in [7, 11) is 1.69. The molecule has 0 spiro atoms. The Bertz CT molecular complexity index is 302. The number of hydrogen-bond acceptors (Lipinski definition) is 2. The van der Waals surface area contributed by atoms with Gasteiger partial charge in [0.05, 0.1) is 6.10 Å². The van der Waals surface area contributed by atoms with Crippen LogP contribution in [0.25, 0.3) is 0 Å². The van der Waals surface area contributed by atoms with Gasteiger partial charge >= 0.3 is 0 Å². The summed E-state index contributed by atoms with van der Waals surface area (Å²) >= 11 is 0. The zero-order valence-corrected chi connectivity index (χ0v) is 10.4. The van der Waals surface area contributed by atoms with Gasteiger partial charge in [0, 0.05) is 12.5 Å². The third-order valence-electron chi connectivity index (χ3n) is 3.11. The Morgan fingerprint density at radius 2 is 2.31 bits per heavy atom. The van der Waals surface area contributed by atoms with Gasteiger partial charge in [-0.2, -0.15) is 0 Å². The normalized spacial score (nSPS) is 29.7. The molecule has 0 saturated carbocycles. The van der Waals surface area contributed by atoms with Crippen molar-refractivity contribution in [2.75, 3.05) is 7.11 Å². The molecule has 0 fully saturated rings. The second kappa shape index (κ2) is 5.90. The standard InChI is InChI=1S/C14H22O2/c1-4-6-9-14(8-5-2)10-7-12(15)11-13(14)16-3/h5,7-8,10-11,13,15H,4,6,9H2,1-3H3. The molecule has 0 aromatic heterocycles. The third-order valence-corrected chi connectivity index (χ3v) is 3.11. The minimum atomic E-state index is -0.0915. The van der Waals surface area contributed by atoms with Crippen molar-refractivity contribution >= 4 is 0 Å². The maximum absolute atomic E-state index is 9.51. The molecule has 0 aliphatic heterocycles. The van der Waals surface area contributed by atoms with Crippen LogP contribution in [0.3, 0.4) is 0 Å². The monoisotopic (exact) mass is 222 g/mol. The lowest BCUT2D eigenvalue weighted by molar-refractivity contribution is 0.0635. The van der Waals surface area contributed by atoms with Crippen molar-refractivity contribution in [2.45, 2.75) is 39.2 Å². The average molecular weight is 222 g/mol. The molecule has 0 radical (unpaired) electrons. The van der Waals surface area contributed by atoms with Crippen LogP contribution >= 0.6 is 0 Å². The zero-order valence-electron chi connectivity index (χ0n) is 10.4. The first kappa shape index (κ1) is 13.0. The topological polar surface area (TPSA) is 29.5 Å². The molecule has 2 unspecified atom stereocenters. The highest BCUT2D eigenvalue weighted by Crippen LogP contribution is 2.38. The van der Waals surface area contributed by atoms with Crippen molar-refractivity contribution in [3.8, 4) is 0 Å². The Hall–Kier alpha value is -1.02. The Labute approximate surface area is 98.3 Å². The van der Waals surface area contributed by atoms with Crippen molar-refractivity contribution in [3.05, 3.63) is 36.1 Å². The quantitative estimate of drug-likeness (QED) is 0.717. The summed E-state index contributed by atoms with van der Waals surface area (Å²) in [5, 5.41) is 9.51. The van der Waals surface area contributed by atoms with Crippen molar-refractivity contribution in [1.29, 1.82) is 0 Å². The van der Waals surface area contributed by atoms with E-state index in [-0.39, 0.29) is 11.5 Å². The van der Waals surface area contributed by atoms with Gasteiger partial charge in [-0.1, -0.05) is 38.0 Å². The van der Waals surface area contributed by atoms with E-state index >= 15 is 0 Å². The Morgan fingerprint density at radius 1 is 1.56 bits per heavy atom. The lowest BCUT2D eigenvalue weighted by Gasteiger charge is -2.35. The zero-order chi connectivity index (χ0) is 12.0. The maximum Gasteiger partial charge on any atom is 0.113 e. The molecule has 0 aromatic carbocycles. The molecule has 2 heteroatoms. The van der Waals surface area contributed by atoms with E-state index in [1.807, 2.05) is 6.92 Å². The van der Waals surface area contributed by atoms with Crippen molar-refractivity contribution in [2.24, 2.45) is 5.41 Å². The first-order valence-electron chi connectivity index (χ1n) is 5.95. The molecule has 16 heavy (non-hydrogen) atoms. The Balaban J connectivity index is 2.95. The number of aliphatic hydroxyl groups excluding tert-OH is 1. The molecule has 0 heterocycles. The van der Waals surface area contributed by atoms with Gasteiger partial charge in [0.25, 0.3) is 0 Å². The highest BCUT2D eigenvalue weighted by molar-refractivity contribution is 5.30. The van der Waals surface area contributed by atoms with Crippen LogP contribution in [0.1, 0.15) is 33.1 Å². The van der Waals surface area contributed by atoms with Crippen LogP contribution in [0.15, 0.2) is 36.1 Å². The summed E-state index contributed by atoms with van der Waals surface area (Å²) in [4.78, 5) is 0. The van der Waals surface area contributed by atoms with E-state index in [1.54, 1.807) is 19.3 Å². The van der Waals surface area contributed by atoms with Gasteiger partial charge < -0.3 is 9.84 Å². The number of allylic oxidation sites excluding steroid dienone is 2. The van der Waals surface area contributed by atoms with E-state index in [0.717, 1.165) is 12.8 Å². The van der Waals surface area contributed by atoms with Crippen molar-refractivity contribution in [1.82, 2.24) is 0 Å². The first-order chi connectivity index (χ1) is 7.68. The van der Waals surface area contributed by atoms with Crippen LogP contribution in [0.4, 0.5) is 0 Å². The fourth-order valence-corrected chi connectivity index (χ4v) is 2.24. The molecule has 0 saturated heterocycles. The minimum absolute atomic E-state index is 0.0692. The van der Waals surface area contributed by atoms with Gasteiger partial charge in [0.15, 0.2) is 0 Å². The lowest BCUT2D eigenvalue weighted by Crippen LogP contribution is -2.34. The molecule has 90 valence electrons. The summed E-state index contributed by atoms with van der Waals surface area (Å²) in [5.41, 5.74) is -0.0915. The predicted octanol–water partition coefficient (Wildman–Crippen LogP) is 3.77. The van der Waals surface area contributed by atoms with Gasteiger partial charge in [0.1, 0.15) is 5.76 Å². The number of methoxy groups -OCH3 is 1. The van der Waals surface area contributed by atoms with E-state index in [1.165, 1.54) is 6.42 Å². The van der Waals surface area contributed by atoms with Crippen molar-refractivity contribution < 1.29 is 9.84 Å². The number of rotatable bonds is 5. The Kier molecular flexibility index (Phi) is 4.81. The van der Waals surface area contributed by atoms with E-state index in [0.29, 0.717) is 5.76 Å². The fourth-order valence-electron chi connectivity index (χ4n) is 2.24. The smallest absolute Gasteiger partial charge is 0.113 e. The Morgan fingerprint density at radius 3 is 2.88 bits per heavy atom. The summed E-state index contributed by atoms with van der Waals surface area (Å²) in [6.07, 6.45) is 13.2. The molecule has 0 aromatic rings. The van der Waals surface area contributed by atoms with E-state index in [4.69, 9.17) is 4.74 Å². The number of hydrogen-bond donors (Lipinski definition) is 1. The summed E-state index contributed by atoms with van der Waals surface area (Å²) in [6, 6.07) is 0. The average Bonchev–Trinajstić information content (AvgIpc) is 2.30. The summed E-state index contributed by atoms with van der Waals surface area (Å²) in [5.74, 6) is 0.295. The van der Waals surface area contributed by atoms with Crippen LogP contribution < -0.4 is 0 Å². The highest BCUT2D eigenvalue weighted by atomic mass is 16.5. The van der Waals surface area contributed by atoms with Gasteiger partial charge in [-0.15, -0.1) is 0 Å².